The molecule has 0 radical (unpaired) electrons. The fraction of sp³-hybridized carbons (Fsp3) is 0.857. The van der Waals surface area contributed by atoms with E-state index in [0.29, 0.717) is 12.8 Å². The first-order valence-electron chi connectivity index (χ1n) is 7.33. The first kappa shape index (κ1) is 15.8. The summed E-state index contributed by atoms with van der Waals surface area (Å²) in [6.07, 6.45) is 4.41. The van der Waals surface area contributed by atoms with Crippen molar-refractivity contribution >= 4 is 11.7 Å². The van der Waals surface area contributed by atoms with Gasteiger partial charge < -0.3 is 15.8 Å². The second-order valence-electron chi connectivity index (χ2n) is 5.42. The average Bonchev–Trinajstić information content (AvgIpc) is 2.48. The molecular weight excluding hydrogens is 242 g/mol. The minimum absolute atomic E-state index is 0.0161. The van der Waals surface area contributed by atoms with E-state index in [-0.39, 0.29) is 11.7 Å². The van der Waals surface area contributed by atoms with Crippen LogP contribution in [0.1, 0.15) is 52.9 Å². The monoisotopic (exact) mass is 269 g/mol. The predicted molar refractivity (Wildman–Crippen MR) is 76.0 cm³/mol. The summed E-state index contributed by atoms with van der Waals surface area (Å²) in [5.41, 5.74) is 4.95. The van der Waals surface area contributed by atoms with Gasteiger partial charge in [0, 0.05) is 13.1 Å². The zero-order chi connectivity index (χ0) is 14.5. The fourth-order valence-corrected chi connectivity index (χ4v) is 2.97. The van der Waals surface area contributed by atoms with Gasteiger partial charge in [-0.3, -0.25) is 4.79 Å². The fourth-order valence-electron chi connectivity index (χ4n) is 2.97. The lowest BCUT2D eigenvalue weighted by Gasteiger charge is -2.38. The third kappa shape index (κ3) is 3.01. The van der Waals surface area contributed by atoms with E-state index in [0.717, 1.165) is 31.8 Å². The van der Waals surface area contributed by atoms with E-state index in [1.165, 1.54) is 6.42 Å². The number of hydrogen-bond donors (Lipinski definition) is 2. The van der Waals surface area contributed by atoms with Crippen LogP contribution in [0.5, 0.6) is 0 Å². The van der Waals surface area contributed by atoms with Gasteiger partial charge in [-0.15, -0.1) is 0 Å². The number of oxime groups is 1. The molecule has 0 saturated carbocycles. The summed E-state index contributed by atoms with van der Waals surface area (Å²) in [6.45, 7) is 7.60. The molecule has 1 aliphatic heterocycles. The molecule has 3 N–H and O–H groups in total. The van der Waals surface area contributed by atoms with E-state index >= 15 is 0 Å². The Morgan fingerprint density at radius 2 is 1.84 bits per heavy atom. The van der Waals surface area contributed by atoms with Crippen molar-refractivity contribution in [3.8, 4) is 0 Å². The predicted octanol–water partition coefficient (Wildman–Crippen LogP) is 2.19. The molecule has 1 amide bonds. The van der Waals surface area contributed by atoms with E-state index in [9.17, 15) is 4.79 Å². The molecule has 1 aliphatic rings. The summed E-state index contributed by atoms with van der Waals surface area (Å²) in [5, 5.41) is 12.0. The van der Waals surface area contributed by atoms with Gasteiger partial charge in [-0.1, -0.05) is 32.3 Å². The summed E-state index contributed by atoms with van der Waals surface area (Å²) in [7, 11) is 0. The molecule has 1 heterocycles. The molecule has 0 aromatic heterocycles. The van der Waals surface area contributed by atoms with Crippen LogP contribution in [-0.2, 0) is 4.79 Å². The number of rotatable bonds is 5. The highest BCUT2D eigenvalue weighted by Crippen LogP contribution is 2.31. The number of hydrogen-bond acceptors (Lipinski definition) is 3. The Bertz CT molecular complexity index is 330. The van der Waals surface area contributed by atoms with Crippen LogP contribution in [0, 0.1) is 11.3 Å². The third-order valence-corrected chi connectivity index (χ3v) is 4.69. The van der Waals surface area contributed by atoms with Gasteiger partial charge >= 0.3 is 0 Å². The molecule has 110 valence electrons. The number of piperidine rings is 1. The maximum atomic E-state index is 12.7. The molecule has 0 unspecified atom stereocenters. The van der Waals surface area contributed by atoms with E-state index in [1.54, 1.807) is 0 Å². The normalized spacial score (nSPS) is 18.7. The van der Waals surface area contributed by atoms with Crippen LogP contribution in [0.25, 0.3) is 0 Å². The SMILES string of the molecule is CCC1CCN(C(=O)C(CC)(CC)C(N)=NO)CC1. The Kier molecular flexibility index (Phi) is 5.63. The Morgan fingerprint density at radius 3 is 2.21 bits per heavy atom. The molecule has 5 nitrogen and oxygen atoms in total. The summed E-state index contributed by atoms with van der Waals surface area (Å²) in [6, 6.07) is 0. The molecule has 5 heteroatoms. The van der Waals surface area contributed by atoms with E-state index < -0.39 is 5.41 Å². The van der Waals surface area contributed by atoms with Gasteiger partial charge in [0.15, 0.2) is 5.84 Å². The van der Waals surface area contributed by atoms with E-state index in [4.69, 9.17) is 10.9 Å². The van der Waals surface area contributed by atoms with Crippen molar-refractivity contribution in [3.63, 3.8) is 0 Å². The van der Waals surface area contributed by atoms with Crippen molar-refractivity contribution in [3.05, 3.63) is 0 Å². The second-order valence-corrected chi connectivity index (χ2v) is 5.42. The van der Waals surface area contributed by atoms with Gasteiger partial charge in [0.05, 0.1) is 0 Å². The van der Waals surface area contributed by atoms with Gasteiger partial charge in [0.1, 0.15) is 5.41 Å². The Morgan fingerprint density at radius 1 is 1.32 bits per heavy atom. The van der Waals surface area contributed by atoms with E-state index in [1.807, 2.05) is 18.7 Å². The maximum Gasteiger partial charge on any atom is 0.236 e. The minimum atomic E-state index is -0.839. The average molecular weight is 269 g/mol. The van der Waals surface area contributed by atoms with Gasteiger partial charge in [0.2, 0.25) is 5.91 Å². The van der Waals surface area contributed by atoms with Crippen LogP contribution in [0.2, 0.25) is 0 Å². The van der Waals surface area contributed by atoms with Gasteiger partial charge in [-0.05, 0) is 31.6 Å². The number of carbonyl (C=O) groups excluding carboxylic acids is 1. The molecule has 0 bridgehead atoms. The molecular formula is C14H27N3O2. The van der Waals surface area contributed by atoms with Gasteiger partial charge in [-0.25, -0.2) is 0 Å². The van der Waals surface area contributed by atoms with Crippen molar-refractivity contribution in [1.29, 1.82) is 0 Å². The first-order valence-corrected chi connectivity index (χ1v) is 7.33. The Hall–Kier alpha value is -1.26. The van der Waals surface area contributed by atoms with Crippen molar-refractivity contribution in [2.24, 2.45) is 22.2 Å². The topological polar surface area (TPSA) is 78.9 Å². The number of nitrogens with two attached hydrogens (primary N) is 1. The number of amides is 1. The van der Waals surface area contributed by atoms with Crippen LogP contribution in [0.4, 0.5) is 0 Å². The molecule has 0 aliphatic carbocycles. The molecule has 0 aromatic rings. The number of nitrogens with zero attached hydrogens (tertiary/aromatic N) is 2. The highest BCUT2D eigenvalue weighted by molar-refractivity contribution is 6.06. The first-order chi connectivity index (χ1) is 9.05. The zero-order valence-corrected chi connectivity index (χ0v) is 12.4. The second kappa shape index (κ2) is 6.78. The summed E-state index contributed by atoms with van der Waals surface area (Å²) in [4.78, 5) is 14.6. The summed E-state index contributed by atoms with van der Waals surface area (Å²) < 4.78 is 0. The highest BCUT2D eigenvalue weighted by Gasteiger charge is 2.43. The summed E-state index contributed by atoms with van der Waals surface area (Å²) >= 11 is 0. The highest BCUT2D eigenvalue weighted by atomic mass is 16.4. The molecule has 19 heavy (non-hydrogen) atoms. The van der Waals surface area contributed by atoms with Gasteiger partial charge in [0.25, 0.3) is 0 Å². The standard InChI is InChI=1S/C14H27N3O2/c1-4-11-7-9-17(10-8-11)13(18)14(5-2,6-3)12(15)16-19/h11,19H,4-10H2,1-3H3,(H2,15,16). The Labute approximate surface area is 115 Å². The van der Waals surface area contributed by atoms with Crippen LogP contribution in [0.3, 0.4) is 0 Å². The molecule has 1 saturated heterocycles. The van der Waals surface area contributed by atoms with Gasteiger partial charge in [-0.2, -0.15) is 0 Å². The van der Waals surface area contributed by atoms with Crippen LogP contribution in [0.15, 0.2) is 5.16 Å². The molecule has 0 spiro atoms. The van der Waals surface area contributed by atoms with E-state index in [2.05, 4.69) is 12.1 Å². The lowest BCUT2D eigenvalue weighted by molar-refractivity contribution is -0.140. The summed E-state index contributed by atoms with van der Waals surface area (Å²) in [5.74, 6) is 0.785. The smallest absolute Gasteiger partial charge is 0.236 e. The maximum absolute atomic E-state index is 12.7. The lowest BCUT2D eigenvalue weighted by atomic mass is 9.79. The van der Waals surface area contributed by atoms with Crippen LogP contribution < -0.4 is 5.73 Å². The molecule has 0 aromatic carbocycles. The van der Waals surface area contributed by atoms with Crippen LogP contribution >= 0.6 is 0 Å². The van der Waals surface area contributed by atoms with Crippen LogP contribution in [-0.4, -0.2) is 34.9 Å². The van der Waals surface area contributed by atoms with Crippen molar-refractivity contribution < 1.29 is 10.0 Å². The largest absolute Gasteiger partial charge is 0.409 e. The van der Waals surface area contributed by atoms with Crippen molar-refractivity contribution in [2.45, 2.75) is 52.9 Å². The minimum Gasteiger partial charge on any atom is -0.409 e. The van der Waals surface area contributed by atoms with Crippen molar-refractivity contribution in [1.82, 2.24) is 4.90 Å². The molecule has 0 atom stereocenters. The number of likely N-dealkylation sites (tertiary alicyclic amines) is 1. The molecule has 1 rings (SSSR count). The lowest BCUT2D eigenvalue weighted by Crippen LogP contribution is -2.52. The van der Waals surface area contributed by atoms with Crippen molar-refractivity contribution in [2.75, 3.05) is 13.1 Å². The number of carbonyl (C=O) groups is 1. The zero-order valence-electron chi connectivity index (χ0n) is 12.4. The molecule has 1 fully saturated rings. The quantitative estimate of drug-likeness (QED) is 0.347. The number of amidine groups is 1. The third-order valence-electron chi connectivity index (χ3n) is 4.69. The Balaban J connectivity index is 2.84.